The number of aromatic hydroxyl groups is 1. The number of likely N-dealkylation sites (N-methyl/N-ethyl adjacent to an activating group) is 1. The van der Waals surface area contributed by atoms with E-state index in [9.17, 15) is 39.6 Å². The lowest BCUT2D eigenvalue weighted by molar-refractivity contribution is -0.197. The van der Waals surface area contributed by atoms with Crippen LogP contribution in [0.1, 0.15) is 29.3 Å². The van der Waals surface area contributed by atoms with Crippen LogP contribution < -0.4 is 5.73 Å². The van der Waals surface area contributed by atoms with Crippen molar-refractivity contribution in [3.05, 3.63) is 28.3 Å². The molecule has 1 amide bonds. The first kappa shape index (κ1) is 23.8. The number of phenols is 1. The fourth-order valence-electron chi connectivity index (χ4n) is 6.17. The molecule has 0 aromatic heterocycles. The minimum absolute atomic E-state index is 0.00518. The Balaban J connectivity index is 1.96. The molecule has 0 radical (unpaired) electrons. The molecule has 1 aromatic carbocycles. The van der Waals surface area contributed by atoms with Gasteiger partial charge in [0.2, 0.25) is 5.91 Å². The minimum Gasteiger partial charge on any atom is -0.507 e. The van der Waals surface area contributed by atoms with Crippen LogP contribution in [0.15, 0.2) is 12.1 Å². The molecule has 4 rings (SSSR count). The lowest BCUT2D eigenvalue weighted by atomic mass is 9.49. The number of aliphatic hydroxyl groups excluding tert-OH is 1. The lowest BCUT2D eigenvalue weighted by Gasteiger charge is -2.57. The molecule has 11 heteroatoms. The van der Waals surface area contributed by atoms with Crippen molar-refractivity contribution in [2.24, 2.45) is 29.4 Å². The SMILES string of the molecule is CN(C)C1C(O)C(C(N)=O)C(=O)C2(O)C(=O)C3C(=O)c4c(O)ccc(Cl)c4C(C)(O)C3CC12. The molecular weight excluding hydrogens is 456 g/mol. The number of halogens is 1. The molecule has 178 valence electrons. The highest BCUT2D eigenvalue weighted by Gasteiger charge is 2.71. The highest BCUT2D eigenvalue weighted by Crippen LogP contribution is 2.57. The van der Waals surface area contributed by atoms with Gasteiger partial charge in [0, 0.05) is 28.5 Å². The predicted octanol–water partition coefficient (Wildman–Crippen LogP) is -1.02. The lowest BCUT2D eigenvalue weighted by Crippen LogP contribution is -2.76. The van der Waals surface area contributed by atoms with Crippen molar-refractivity contribution < 1.29 is 39.6 Å². The van der Waals surface area contributed by atoms with Crippen LogP contribution in [0.4, 0.5) is 0 Å². The molecule has 2 saturated carbocycles. The number of benzene rings is 1. The van der Waals surface area contributed by atoms with E-state index in [1.165, 1.54) is 32.0 Å². The second-order valence-electron chi connectivity index (χ2n) is 9.57. The average Bonchev–Trinajstić information content (AvgIpc) is 2.69. The van der Waals surface area contributed by atoms with Crippen molar-refractivity contribution in [2.75, 3.05) is 14.1 Å². The van der Waals surface area contributed by atoms with E-state index < -0.39 is 76.0 Å². The zero-order valence-electron chi connectivity index (χ0n) is 18.2. The molecule has 0 spiro atoms. The van der Waals surface area contributed by atoms with Gasteiger partial charge in [-0.3, -0.25) is 19.2 Å². The summed E-state index contributed by atoms with van der Waals surface area (Å²) in [6, 6.07) is 1.39. The topological polar surface area (TPSA) is 178 Å². The predicted molar refractivity (Wildman–Crippen MR) is 113 cm³/mol. The second kappa shape index (κ2) is 7.31. The number of ketones is 3. The summed E-state index contributed by atoms with van der Waals surface area (Å²) in [7, 11) is 3.07. The number of Topliss-reactive ketones (excluding diaryl/α,β-unsaturated/α-hetero) is 3. The van der Waals surface area contributed by atoms with E-state index in [1.54, 1.807) is 0 Å². The molecule has 0 bridgehead atoms. The van der Waals surface area contributed by atoms with Crippen LogP contribution in [0.3, 0.4) is 0 Å². The van der Waals surface area contributed by atoms with Gasteiger partial charge < -0.3 is 31.1 Å². The summed E-state index contributed by atoms with van der Waals surface area (Å²) in [4.78, 5) is 53.8. The number of primary amides is 1. The summed E-state index contributed by atoms with van der Waals surface area (Å²) < 4.78 is 0. The number of aliphatic hydroxyl groups is 3. The molecule has 0 saturated heterocycles. The first-order chi connectivity index (χ1) is 15.2. The summed E-state index contributed by atoms with van der Waals surface area (Å²) in [6.45, 7) is 1.34. The van der Waals surface area contributed by atoms with Crippen molar-refractivity contribution >= 4 is 34.9 Å². The molecule has 0 heterocycles. The number of amides is 1. The number of carbonyl (C=O) groups is 4. The Morgan fingerprint density at radius 2 is 1.76 bits per heavy atom. The summed E-state index contributed by atoms with van der Waals surface area (Å²) in [5.41, 5.74) is 0.221. The van der Waals surface area contributed by atoms with Gasteiger partial charge in [-0.2, -0.15) is 0 Å². The van der Waals surface area contributed by atoms with Gasteiger partial charge in [0.25, 0.3) is 0 Å². The number of rotatable bonds is 2. The third kappa shape index (κ3) is 2.88. The van der Waals surface area contributed by atoms with Gasteiger partial charge in [-0.05, 0) is 39.6 Å². The molecular formula is C22H25ClN2O8. The number of phenolic OH excluding ortho intramolecular Hbond substituents is 1. The van der Waals surface area contributed by atoms with Crippen molar-refractivity contribution in [1.29, 1.82) is 0 Å². The van der Waals surface area contributed by atoms with Crippen molar-refractivity contribution in [2.45, 2.75) is 36.7 Å². The molecule has 3 aliphatic carbocycles. The summed E-state index contributed by atoms with van der Waals surface area (Å²) >= 11 is 6.26. The van der Waals surface area contributed by atoms with Gasteiger partial charge in [-0.25, -0.2) is 0 Å². The summed E-state index contributed by atoms with van der Waals surface area (Å²) in [5, 5.41) is 44.2. The number of nitrogens with zero attached hydrogens (tertiary/aromatic N) is 1. The molecule has 33 heavy (non-hydrogen) atoms. The second-order valence-corrected chi connectivity index (χ2v) is 9.98. The highest BCUT2D eigenvalue weighted by molar-refractivity contribution is 6.33. The normalized spacial score (nSPS) is 40.3. The first-order valence-corrected chi connectivity index (χ1v) is 10.8. The fourth-order valence-corrected chi connectivity index (χ4v) is 6.52. The monoisotopic (exact) mass is 480 g/mol. The molecule has 6 N–H and O–H groups in total. The van der Waals surface area contributed by atoms with Crippen LogP contribution in [0.2, 0.25) is 5.02 Å². The van der Waals surface area contributed by atoms with E-state index in [0.29, 0.717) is 0 Å². The van der Waals surface area contributed by atoms with Crippen LogP contribution in [0, 0.1) is 23.7 Å². The Bertz CT molecular complexity index is 1100. The maximum Gasteiger partial charge on any atom is 0.230 e. The minimum atomic E-state index is -2.80. The van der Waals surface area contributed by atoms with Gasteiger partial charge >= 0.3 is 0 Å². The highest BCUT2D eigenvalue weighted by atomic mass is 35.5. The van der Waals surface area contributed by atoms with Crippen LogP contribution in [0.5, 0.6) is 5.75 Å². The number of hydrogen-bond acceptors (Lipinski definition) is 9. The summed E-state index contributed by atoms with van der Waals surface area (Å²) in [5.74, 6) is -11.0. The number of nitrogens with two attached hydrogens (primary N) is 1. The van der Waals surface area contributed by atoms with E-state index in [4.69, 9.17) is 17.3 Å². The van der Waals surface area contributed by atoms with Crippen LogP contribution in [0.25, 0.3) is 0 Å². The zero-order chi connectivity index (χ0) is 24.8. The molecule has 3 aliphatic rings. The Hall–Kier alpha value is -2.37. The Morgan fingerprint density at radius 1 is 1.15 bits per heavy atom. The van der Waals surface area contributed by atoms with E-state index in [0.717, 1.165) is 6.07 Å². The van der Waals surface area contributed by atoms with Crippen LogP contribution >= 0.6 is 11.6 Å². The maximum atomic E-state index is 13.7. The third-order valence-electron chi connectivity index (χ3n) is 7.66. The zero-order valence-corrected chi connectivity index (χ0v) is 18.9. The third-order valence-corrected chi connectivity index (χ3v) is 7.97. The molecule has 10 nitrogen and oxygen atoms in total. The largest absolute Gasteiger partial charge is 0.507 e. The van der Waals surface area contributed by atoms with Gasteiger partial charge in [0.15, 0.2) is 23.0 Å². The molecule has 8 unspecified atom stereocenters. The average molecular weight is 481 g/mol. The number of fused-ring (bicyclic) bond motifs is 3. The molecule has 2 fully saturated rings. The maximum absolute atomic E-state index is 13.7. The van der Waals surface area contributed by atoms with Crippen LogP contribution in [-0.4, -0.2) is 80.4 Å². The quantitative estimate of drug-likeness (QED) is 0.331. The molecule has 1 aromatic rings. The summed E-state index contributed by atoms with van der Waals surface area (Å²) in [6.07, 6.45) is -1.85. The van der Waals surface area contributed by atoms with E-state index in [1.807, 2.05) is 0 Å². The standard InChI is InChI=1S/C22H25ClN2O8/c1-21(32)7-6-8-15(25(2)3)17(28)13(20(24)31)19(30)22(8,33)18(29)11(7)16(27)12-10(26)5-4-9(23)14(12)21/h4-5,7-8,11,13,15,17,26,28,32-33H,6H2,1-3H3,(H2,24,31). The van der Waals surface area contributed by atoms with Crippen LogP contribution in [-0.2, 0) is 20.0 Å². The Kier molecular flexibility index (Phi) is 5.27. The Morgan fingerprint density at radius 3 is 2.30 bits per heavy atom. The molecule has 0 aliphatic heterocycles. The number of carbonyl (C=O) groups excluding carboxylic acids is 4. The van der Waals surface area contributed by atoms with Gasteiger partial charge in [-0.1, -0.05) is 11.6 Å². The first-order valence-electron chi connectivity index (χ1n) is 10.4. The van der Waals surface area contributed by atoms with Crippen molar-refractivity contribution in [3.8, 4) is 5.75 Å². The number of hydrogen-bond donors (Lipinski definition) is 5. The fraction of sp³-hybridized carbons (Fsp3) is 0.545. The smallest absolute Gasteiger partial charge is 0.230 e. The van der Waals surface area contributed by atoms with E-state index >= 15 is 0 Å². The van der Waals surface area contributed by atoms with Gasteiger partial charge in [-0.15, -0.1) is 0 Å². The van der Waals surface area contributed by atoms with Gasteiger partial charge in [0.05, 0.1) is 23.2 Å². The van der Waals surface area contributed by atoms with Gasteiger partial charge in [0.1, 0.15) is 11.7 Å². The Labute approximate surface area is 193 Å². The van der Waals surface area contributed by atoms with Crippen molar-refractivity contribution in [1.82, 2.24) is 4.90 Å². The van der Waals surface area contributed by atoms with E-state index in [-0.39, 0.29) is 22.6 Å². The van der Waals surface area contributed by atoms with E-state index in [2.05, 4.69) is 0 Å². The van der Waals surface area contributed by atoms with Crippen molar-refractivity contribution in [3.63, 3.8) is 0 Å². The molecule has 8 atom stereocenters.